The summed E-state index contributed by atoms with van der Waals surface area (Å²) < 4.78 is 12.0. The van der Waals surface area contributed by atoms with Gasteiger partial charge in [-0.2, -0.15) is 0 Å². The van der Waals surface area contributed by atoms with Gasteiger partial charge in [0.15, 0.2) is 11.7 Å². The molecule has 0 saturated heterocycles. The molecule has 0 fully saturated rings. The van der Waals surface area contributed by atoms with Crippen molar-refractivity contribution in [1.82, 2.24) is 10.3 Å². The molecule has 34 heavy (non-hydrogen) atoms. The van der Waals surface area contributed by atoms with Gasteiger partial charge in [-0.15, -0.1) is 0 Å². The Balaban J connectivity index is 1.27. The zero-order valence-corrected chi connectivity index (χ0v) is 19.4. The molecule has 1 aromatic heterocycles. The van der Waals surface area contributed by atoms with Crippen LogP contribution in [0.5, 0.6) is 0 Å². The van der Waals surface area contributed by atoms with Crippen molar-refractivity contribution in [2.45, 2.75) is 32.3 Å². The van der Waals surface area contributed by atoms with E-state index in [4.69, 9.17) is 14.1 Å². The minimum Gasteiger partial charge on any atom is -0.440 e. The summed E-state index contributed by atoms with van der Waals surface area (Å²) in [7, 11) is 0. The quantitative estimate of drug-likeness (QED) is 0.273. The summed E-state index contributed by atoms with van der Waals surface area (Å²) in [6.07, 6.45) is 1.57. The SMILES string of the molecule is CC(OCCCNC(=O)CCc1nc(-c2ccccc2)c(-c2ccccc2)o1)c1ccccc1. The van der Waals surface area contributed by atoms with Crippen LogP contribution in [0.4, 0.5) is 0 Å². The molecule has 5 heteroatoms. The summed E-state index contributed by atoms with van der Waals surface area (Å²) in [6.45, 7) is 3.21. The fourth-order valence-corrected chi connectivity index (χ4v) is 3.74. The van der Waals surface area contributed by atoms with Crippen LogP contribution in [0.1, 0.15) is 37.3 Å². The normalized spacial score (nSPS) is 11.8. The first-order valence-corrected chi connectivity index (χ1v) is 11.7. The Morgan fingerprint density at radius 3 is 2.21 bits per heavy atom. The van der Waals surface area contributed by atoms with E-state index in [0.717, 1.165) is 34.6 Å². The maximum Gasteiger partial charge on any atom is 0.220 e. The topological polar surface area (TPSA) is 64.4 Å². The van der Waals surface area contributed by atoms with E-state index in [-0.39, 0.29) is 12.0 Å². The molecule has 0 aliphatic carbocycles. The number of carbonyl (C=O) groups is 1. The molecule has 174 valence electrons. The van der Waals surface area contributed by atoms with Crippen molar-refractivity contribution in [2.75, 3.05) is 13.2 Å². The molecule has 3 aromatic carbocycles. The summed E-state index contributed by atoms with van der Waals surface area (Å²) in [6, 6.07) is 30.0. The molecule has 1 amide bonds. The van der Waals surface area contributed by atoms with Gasteiger partial charge in [0.05, 0.1) is 6.10 Å². The van der Waals surface area contributed by atoms with Crippen molar-refractivity contribution in [1.29, 1.82) is 0 Å². The predicted molar refractivity (Wildman–Crippen MR) is 134 cm³/mol. The van der Waals surface area contributed by atoms with Crippen molar-refractivity contribution in [3.05, 3.63) is 102 Å². The van der Waals surface area contributed by atoms with Gasteiger partial charge < -0.3 is 14.5 Å². The first-order chi connectivity index (χ1) is 16.7. The van der Waals surface area contributed by atoms with E-state index in [9.17, 15) is 4.79 Å². The zero-order chi connectivity index (χ0) is 23.6. The number of amides is 1. The number of hydrogen-bond acceptors (Lipinski definition) is 4. The molecule has 0 saturated carbocycles. The van der Waals surface area contributed by atoms with Gasteiger partial charge in [0.2, 0.25) is 5.91 Å². The van der Waals surface area contributed by atoms with Crippen LogP contribution >= 0.6 is 0 Å². The van der Waals surface area contributed by atoms with Crippen molar-refractivity contribution < 1.29 is 13.9 Å². The van der Waals surface area contributed by atoms with E-state index < -0.39 is 0 Å². The van der Waals surface area contributed by atoms with Crippen LogP contribution in [0.25, 0.3) is 22.6 Å². The van der Waals surface area contributed by atoms with Crippen LogP contribution in [0.15, 0.2) is 95.4 Å². The standard InChI is InChI=1S/C29H30N2O3/c1-22(23-12-5-2-6-13-23)33-21-11-20-30-26(32)18-19-27-31-28(24-14-7-3-8-15-24)29(34-27)25-16-9-4-10-17-25/h2-10,12-17,22H,11,18-21H2,1H3,(H,30,32). The average Bonchev–Trinajstić information content (AvgIpc) is 3.33. The number of benzene rings is 3. The highest BCUT2D eigenvalue weighted by molar-refractivity contribution is 5.77. The minimum absolute atomic E-state index is 0.0168. The van der Waals surface area contributed by atoms with Gasteiger partial charge in [-0.3, -0.25) is 4.79 Å². The van der Waals surface area contributed by atoms with Gasteiger partial charge in [-0.05, 0) is 18.9 Å². The molecule has 1 N–H and O–H groups in total. The Kier molecular flexibility index (Phi) is 8.25. The highest BCUT2D eigenvalue weighted by atomic mass is 16.5. The second kappa shape index (κ2) is 12.0. The molecule has 4 rings (SSSR count). The van der Waals surface area contributed by atoms with Crippen LogP contribution in [-0.4, -0.2) is 24.0 Å². The molecule has 1 unspecified atom stereocenters. The lowest BCUT2D eigenvalue weighted by Crippen LogP contribution is -2.25. The first-order valence-electron chi connectivity index (χ1n) is 11.7. The van der Waals surface area contributed by atoms with E-state index in [1.54, 1.807) is 0 Å². The fourth-order valence-electron chi connectivity index (χ4n) is 3.74. The zero-order valence-electron chi connectivity index (χ0n) is 19.4. The Morgan fingerprint density at radius 1 is 0.912 bits per heavy atom. The molecular formula is C29H30N2O3. The molecule has 1 atom stereocenters. The van der Waals surface area contributed by atoms with E-state index in [0.29, 0.717) is 31.9 Å². The number of oxazole rings is 1. The monoisotopic (exact) mass is 454 g/mol. The van der Waals surface area contributed by atoms with Crippen LogP contribution in [0, 0.1) is 0 Å². The van der Waals surface area contributed by atoms with E-state index in [1.165, 1.54) is 0 Å². The van der Waals surface area contributed by atoms with Gasteiger partial charge in [-0.1, -0.05) is 91.0 Å². The van der Waals surface area contributed by atoms with Gasteiger partial charge in [0, 0.05) is 37.1 Å². The summed E-state index contributed by atoms with van der Waals surface area (Å²) >= 11 is 0. The molecule has 0 aliphatic heterocycles. The lowest BCUT2D eigenvalue weighted by molar-refractivity contribution is -0.121. The molecular weight excluding hydrogens is 424 g/mol. The Labute approximate surface area is 200 Å². The molecule has 1 heterocycles. The molecule has 0 spiro atoms. The minimum atomic E-state index is -0.0168. The lowest BCUT2D eigenvalue weighted by atomic mass is 10.1. The van der Waals surface area contributed by atoms with Crippen LogP contribution in [0.2, 0.25) is 0 Å². The largest absolute Gasteiger partial charge is 0.440 e. The summed E-state index contributed by atoms with van der Waals surface area (Å²) in [5.41, 5.74) is 3.91. The number of hydrogen-bond donors (Lipinski definition) is 1. The van der Waals surface area contributed by atoms with E-state index in [2.05, 4.69) is 17.4 Å². The van der Waals surface area contributed by atoms with Crippen LogP contribution in [-0.2, 0) is 16.0 Å². The van der Waals surface area contributed by atoms with Crippen molar-refractivity contribution in [2.24, 2.45) is 0 Å². The van der Waals surface area contributed by atoms with Crippen molar-refractivity contribution >= 4 is 5.91 Å². The second-order valence-electron chi connectivity index (χ2n) is 8.14. The molecule has 0 bridgehead atoms. The number of aromatic nitrogens is 1. The maximum absolute atomic E-state index is 12.3. The average molecular weight is 455 g/mol. The van der Waals surface area contributed by atoms with Crippen molar-refractivity contribution in [3.8, 4) is 22.6 Å². The smallest absolute Gasteiger partial charge is 0.220 e. The van der Waals surface area contributed by atoms with Crippen molar-refractivity contribution in [3.63, 3.8) is 0 Å². The van der Waals surface area contributed by atoms with E-state index >= 15 is 0 Å². The van der Waals surface area contributed by atoms with Gasteiger partial charge in [0.25, 0.3) is 0 Å². The predicted octanol–water partition coefficient (Wildman–Crippen LogP) is 6.23. The number of rotatable bonds is 11. The van der Waals surface area contributed by atoms with Crippen LogP contribution in [0.3, 0.4) is 0 Å². The number of nitrogens with one attached hydrogen (secondary N) is 1. The number of ether oxygens (including phenoxy) is 1. The molecule has 0 aliphatic rings. The van der Waals surface area contributed by atoms with Gasteiger partial charge in [-0.25, -0.2) is 4.98 Å². The molecule has 5 nitrogen and oxygen atoms in total. The molecule has 4 aromatic rings. The number of aryl methyl sites for hydroxylation is 1. The lowest BCUT2D eigenvalue weighted by Gasteiger charge is -2.13. The Hall–Kier alpha value is -3.70. The number of carbonyl (C=O) groups excluding carboxylic acids is 1. The third kappa shape index (κ3) is 6.42. The highest BCUT2D eigenvalue weighted by Gasteiger charge is 2.17. The fraction of sp³-hybridized carbons (Fsp3) is 0.241. The third-order valence-electron chi connectivity index (χ3n) is 5.60. The highest BCUT2D eigenvalue weighted by Crippen LogP contribution is 2.32. The van der Waals surface area contributed by atoms with Gasteiger partial charge in [0.1, 0.15) is 5.69 Å². The summed E-state index contributed by atoms with van der Waals surface area (Å²) in [5, 5.41) is 2.96. The first kappa shape index (κ1) is 23.5. The number of nitrogens with zero attached hydrogens (tertiary/aromatic N) is 1. The second-order valence-corrected chi connectivity index (χ2v) is 8.14. The Morgan fingerprint density at radius 2 is 1.53 bits per heavy atom. The Bertz CT molecular complexity index is 1100. The summed E-state index contributed by atoms with van der Waals surface area (Å²) in [5.74, 6) is 1.27. The van der Waals surface area contributed by atoms with E-state index in [1.807, 2.05) is 85.8 Å². The summed E-state index contributed by atoms with van der Waals surface area (Å²) in [4.78, 5) is 17.1. The maximum atomic E-state index is 12.3. The third-order valence-corrected chi connectivity index (χ3v) is 5.60. The van der Waals surface area contributed by atoms with Gasteiger partial charge >= 0.3 is 0 Å². The van der Waals surface area contributed by atoms with Crippen LogP contribution < -0.4 is 5.32 Å². The molecule has 0 radical (unpaired) electrons.